The van der Waals surface area contributed by atoms with E-state index in [1.165, 1.54) is 29.5 Å². The van der Waals surface area contributed by atoms with E-state index in [1.807, 2.05) is 22.4 Å². The van der Waals surface area contributed by atoms with Crippen molar-refractivity contribution < 1.29 is 18.8 Å². The summed E-state index contributed by atoms with van der Waals surface area (Å²) in [6, 6.07) is 14.5. The molecule has 0 bridgehead atoms. The number of carbonyl (C=O) groups excluding carboxylic acids is 1. The lowest BCUT2D eigenvalue weighted by Gasteiger charge is -2.34. The lowest BCUT2D eigenvalue weighted by Crippen LogP contribution is -2.48. The first-order chi connectivity index (χ1) is 15.5. The Balaban J connectivity index is 1.27. The zero-order valence-corrected chi connectivity index (χ0v) is 18.1. The maximum atomic E-state index is 13.9. The predicted octanol–water partition coefficient (Wildman–Crippen LogP) is 4.33. The first kappa shape index (κ1) is 21.9. The molecule has 1 saturated heterocycles. The fourth-order valence-corrected chi connectivity index (χ4v) is 4.39. The highest BCUT2D eigenvalue weighted by molar-refractivity contribution is 7.12. The monoisotopic (exact) mass is 455 g/mol. The number of thiophene rings is 1. The first-order valence-electron chi connectivity index (χ1n) is 10.2. The van der Waals surface area contributed by atoms with Gasteiger partial charge in [-0.1, -0.05) is 18.2 Å². The number of carbonyl (C=O) groups is 1. The Kier molecular flexibility index (Phi) is 6.77. The third-order valence-corrected chi connectivity index (χ3v) is 6.30. The van der Waals surface area contributed by atoms with Crippen molar-refractivity contribution in [2.45, 2.75) is 13.2 Å². The van der Waals surface area contributed by atoms with Crippen LogP contribution in [0.5, 0.6) is 5.75 Å². The molecule has 2 heterocycles. The largest absolute Gasteiger partial charge is 0.489 e. The van der Waals surface area contributed by atoms with E-state index in [2.05, 4.69) is 4.90 Å². The molecule has 0 saturated carbocycles. The highest BCUT2D eigenvalue weighted by Gasteiger charge is 2.23. The summed E-state index contributed by atoms with van der Waals surface area (Å²) in [5, 5.41) is 12.6. The number of hydrogen-bond donors (Lipinski definition) is 0. The molecule has 0 unspecified atom stereocenters. The van der Waals surface area contributed by atoms with E-state index >= 15 is 0 Å². The maximum Gasteiger partial charge on any atom is 0.269 e. The summed E-state index contributed by atoms with van der Waals surface area (Å²) < 4.78 is 19.5. The van der Waals surface area contributed by atoms with Crippen LogP contribution in [-0.4, -0.2) is 46.8 Å². The van der Waals surface area contributed by atoms with Gasteiger partial charge in [0.15, 0.2) is 0 Å². The molecule has 0 radical (unpaired) electrons. The molecule has 4 rings (SSSR count). The van der Waals surface area contributed by atoms with E-state index in [0.717, 1.165) is 5.56 Å². The first-order valence-corrected chi connectivity index (χ1v) is 11.1. The number of halogens is 1. The lowest BCUT2D eigenvalue weighted by atomic mass is 10.2. The van der Waals surface area contributed by atoms with Gasteiger partial charge in [-0.25, -0.2) is 4.39 Å². The van der Waals surface area contributed by atoms with Gasteiger partial charge in [-0.3, -0.25) is 19.8 Å². The highest BCUT2D eigenvalue weighted by atomic mass is 32.1. The fraction of sp³-hybridized carbons (Fsp3) is 0.261. The van der Waals surface area contributed by atoms with Crippen LogP contribution >= 0.6 is 11.3 Å². The minimum Gasteiger partial charge on any atom is -0.489 e. The van der Waals surface area contributed by atoms with Gasteiger partial charge in [-0.05, 0) is 29.6 Å². The Morgan fingerprint density at radius 1 is 1.09 bits per heavy atom. The number of nitro benzene ring substituents is 1. The van der Waals surface area contributed by atoms with Crippen molar-refractivity contribution in [3.8, 4) is 5.75 Å². The third kappa shape index (κ3) is 5.30. The number of benzene rings is 2. The van der Waals surface area contributed by atoms with Gasteiger partial charge in [0.05, 0.1) is 9.80 Å². The standard InChI is InChI=1S/C23H22FN3O4S/c24-21-4-2-1-3-18(21)14-25-9-11-26(12-10-25)23(28)22-13-17(16-32-22)15-31-20-7-5-19(6-8-20)27(29)30/h1-8,13,16H,9-12,14-15H2. The van der Waals surface area contributed by atoms with E-state index in [0.29, 0.717) is 48.9 Å². The summed E-state index contributed by atoms with van der Waals surface area (Å²) in [5.74, 6) is 0.316. The topological polar surface area (TPSA) is 75.9 Å². The van der Waals surface area contributed by atoms with Gasteiger partial charge in [0.2, 0.25) is 0 Å². The van der Waals surface area contributed by atoms with Gasteiger partial charge < -0.3 is 9.64 Å². The molecule has 1 aliphatic rings. The molecule has 3 aromatic rings. The summed E-state index contributed by atoms with van der Waals surface area (Å²) in [6.07, 6.45) is 0. The summed E-state index contributed by atoms with van der Waals surface area (Å²) in [5.41, 5.74) is 1.55. The number of ether oxygens (including phenoxy) is 1. The van der Waals surface area contributed by atoms with E-state index in [1.54, 1.807) is 24.3 Å². The molecule has 7 nitrogen and oxygen atoms in total. The molecule has 1 aliphatic heterocycles. The summed E-state index contributed by atoms with van der Waals surface area (Å²) in [4.78, 5) is 27.7. The Morgan fingerprint density at radius 3 is 2.50 bits per heavy atom. The van der Waals surface area contributed by atoms with Crippen molar-refractivity contribution >= 4 is 22.9 Å². The van der Waals surface area contributed by atoms with Gasteiger partial charge in [0.25, 0.3) is 11.6 Å². The molecule has 0 aliphatic carbocycles. The van der Waals surface area contributed by atoms with Crippen molar-refractivity contribution in [1.82, 2.24) is 9.80 Å². The average Bonchev–Trinajstić information content (AvgIpc) is 3.29. The third-order valence-electron chi connectivity index (χ3n) is 5.33. The number of nitrogens with zero attached hydrogens (tertiary/aromatic N) is 3. The molecular formula is C23H22FN3O4S. The average molecular weight is 456 g/mol. The van der Waals surface area contributed by atoms with Crippen LogP contribution in [0.15, 0.2) is 60.0 Å². The van der Waals surface area contributed by atoms with Crippen LogP contribution in [0.4, 0.5) is 10.1 Å². The van der Waals surface area contributed by atoms with Gasteiger partial charge in [0.1, 0.15) is 18.2 Å². The van der Waals surface area contributed by atoms with Crippen LogP contribution in [0.25, 0.3) is 0 Å². The molecule has 9 heteroatoms. The second-order valence-electron chi connectivity index (χ2n) is 7.52. The SMILES string of the molecule is O=C(c1cc(COc2ccc([N+](=O)[O-])cc2)cs1)N1CCN(Cc2ccccc2F)CC1. The number of amides is 1. The van der Waals surface area contributed by atoms with Crippen molar-refractivity contribution in [3.05, 3.63) is 91.9 Å². The van der Waals surface area contributed by atoms with E-state index in [4.69, 9.17) is 4.74 Å². The minimum absolute atomic E-state index is 0.00904. The molecule has 1 aromatic heterocycles. The molecule has 2 aromatic carbocycles. The Labute approximate surface area is 188 Å². The van der Waals surface area contributed by atoms with Crippen molar-refractivity contribution in [1.29, 1.82) is 0 Å². The van der Waals surface area contributed by atoms with Crippen LogP contribution in [-0.2, 0) is 13.2 Å². The van der Waals surface area contributed by atoms with Gasteiger partial charge in [-0.2, -0.15) is 0 Å². The highest BCUT2D eigenvalue weighted by Crippen LogP contribution is 2.22. The van der Waals surface area contributed by atoms with Crippen LogP contribution in [0.2, 0.25) is 0 Å². The zero-order chi connectivity index (χ0) is 22.5. The van der Waals surface area contributed by atoms with E-state index in [-0.39, 0.29) is 24.0 Å². The molecule has 32 heavy (non-hydrogen) atoms. The van der Waals surface area contributed by atoms with Crippen molar-refractivity contribution in [3.63, 3.8) is 0 Å². The van der Waals surface area contributed by atoms with Gasteiger partial charge in [-0.15, -0.1) is 11.3 Å². The molecule has 166 valence electrons. The fourth-order valence-electron chi connectivity index (χ4n) is 3.53. The van der Waals surface area contributed by atoms with Gasteiger partial charge >= 0.3 is 0 Å². The Bertz CT molecular complexity index is 1090. The summed E-state index contributed by atoms with van der Waals surface area (Å²) in [7, 11) is 0. The lowest BCUT2D eigenvalue weighted by molar-refractivity contribution is -0.384. The molecular weight excluding hydrogens is 433 g/mol. The second-order valence-corrected chi connectivity index (χ2v) is 8.43. The smallest absolute Gasteiger partial charge is 0.269 e. The second kappa shape index (κ2) is 9.88. The van der Waals surface area contributed by atoms with Crippen LogP contribution in [0.3, 0.4) is 0 Å². The molecule has 0 spiro atoms. The maximum absolute atomic E-state index is 13.9. The summed E-state index contributed by atoms with van der Waals surface area (Å²) >= 11 is 1.37. The van der Waals surface area contributed by atoms with Crippen LogP contribution in [0.1, 0.15) is 20.8 Å². The molecule has 1 amide bonds. The van der Waals surface area contributed by atoms with Crippen molar-refractivity contribution in [2.75, 3.05) is 26.2 Å². The number of piperazine rings is 1. The van der Waals surface area contributed by atoms with Crippen LogP contribution < -0.4 is 4.74 Å². The number of hydrogen-bond acceptors (Lipinski definition) is 6. The number of rotatable bonds is 7. The number of non-ortho nitro benzene ring substituents is 1. The minimum atomic E-state index is -0.458. The Morgan fingerprint density at radius 2 is 1.81 bits per heavy atom. The quantitative estimate of drug-likeness (QED) is 0.392. The van der Waals surface area contributed by atoms with E-state index < -0.39 is 4.92 Å². The van der Waals surface area contributed by atoms with Gasteiger partial charge in [0, 0.05) is 56.0 Å². The normalized spacial score (nSPS) is 14.3. The van der Waals surface area contributed by atoms with Crippen molar-refractivity contribution in [2.24, 2.45) is 0 Å². The molecule has 1 fully saturated rings. The molecule has 0 N–H and O–H groups in total. The van der Waals surface area contributed by atoms with E-state index in [9.17, 15) is 19.3 Å². The molecule has 0 atom stereocenters. The van der Waals surface area contributed by atoms with Crippen LogP contribution in [0, 0.1) is 15.9 Å². The summed E-state index contributed by atoms with van der Waals surface area (Å²) in [6.45, 7) is 3.40. The Hall–Kier alpha value is -3.30. The predicted molar refractivity (Wildman–Crippen MR) is 119 cm³/mol. The zero-order valence-electron chi connectivity index (χ0n) is 17.3. The number of nitro groups is 1.